The third-order valence-corrected chi connectivity index (χ3v) is 6.18. The summed E-state index contributed by atoms with van der Waals surface area (Å²) < 4.78 is 11.1. The first-order valence-electron chi connectivity index (χ1n) is 10.8. The number of hydrogen-bond donors (Lipinski definition) is 1. The Morgan fingerprint density at radius 3 is 2.43 bits per heavy atom. The lowest BCUT2D eigenvalue weighted by Gasteiger charge is -2.43. The largest absolute Gasteiger partial charge is 0.493 e. The van der Waals surface area contributed by atoms with Gasteiger partial charge in [0.15, 0.2) is 11.5 Å². The van der Waals surface area contributed by atoms with Crippen LogP contribution in [0.2, 0.25) is 0 Å². The predicted molar refractivity (Wildman–Crippen MR) is 121 cm³/mol. The van der Waals surface area contributed by atoms with Crippen LogP contribution in [0.4, 0.5) is 0 Å². The molecule has 0 fully saturated rings. The fourth-order valence-electron chi connectivity index (χ4n) is 4.47. The van der Waals surface area contributed by atoms with Gasteiger partial charge in [0.25, 0.3) is 5.91 Å². The Labute approximate surface area is 180 Å². The molecule has 2 aromatic carbocycles. The van der Waals surface area contributed by atoms with Crippen molar-refractivity contribution in [2.24, 2.45) is 5.92 Å². The number of fused-ring (bicyclic) bond motifs is 1. The van der Waals surface area contributed by atoms with E-state index in [-0.39, 0.29) is 23.9 Å². The summed E-state index contributed by atoms with van der Waals surface area (Å²) in [5.74, 6) is 1.73. The molecular weight excluding hydrogens is 376 g/mol. The first kappa shape index (κ1) is 22.2. The predicted octanol–water partition coefficient (Wildman–Crippen LogP) is 4.39. The van der Waals surface area contributed by atoms with E-state index in [1.807, 2.05) is 31.2 Å². The highest BCUT2D eigenvalue weighted by molar-refractivity contribution is 5.95. The van der Waals surface area contributed by atoms with E-state index in [1.54, 1.807) is 14.2 Å². The Morgan fingerprint density at radius 2 is 1.83 bits per heavy atom. The SMILES string of the molecule is CCN1CCc2cc(OC)c(OC)cc2C1C(NC(=O)c1ccccc1C)C(C)C. The van der Waals surface area contributed by atoms with Crippen molar-refractivity contribution in [2.75, 3.05) is 27.3 Å². The molecule has 2 unspecified atom stereocenters. The van der Waals surface area contributed by atoms with Crippen LogP contribution in [0.15, 0.2) is 36.4 Å². The molecule has 0 radical (unpaired) electrons. The Hall–Kier alpha value is -2.53. The number of benzene rings is 2. The molecule has 2 atom stereocenters. The molecule has 5 heteroatoms. The molecule has 3 rings (SSSR count). The second-order valence-corrected chi connectivity index (χ2v) is 8.29. The number of nitrogens with one attached hydrogen (secondary N) is 1. The van der Waals surface area contributed by atoms with Crippen LogP contribution in [0.1, 0.15) is 53.9 Å². The van der Waals surface area contributed by atoms with Crippen LogP contribution in [-0.2, 0) is 6.42 Å². The quantitative estimate of drug-likeness (QED) is 0.736. The molecule has 0 aromatic heterocycles. The maximum Gasteiger partial charge on any atom is 0.251 e. The zero-order valence-electron chi connectivity index (χ0n) is 19.0. The average Bonchev–Trinajstić information content (AvgIpc) is 2.75. The van der Waals surface area contributed by atoms with Crippen molar-refractivity contribution >= 4 is 5.91 Å². The molecule has 30 heavy (non-hydrogen) atoms. The number of ether oxygens (including phenoxy) is 2. The van der Waals surface area contributed by atoms with Crippen molar-refractivity contribution in [1.29, 1.82) is 0 Å². The summed E-state index contributed by atoms with van der Waals surface area (Å²) in [6.07, 6.45) is 0.955. The molecule has 1 amide bonds. The van der Waals surface area contributed by atoms with E-state index in [9.17, 15) is 4.79 Å². The minimum atomic E-state index is -0.0331. The van der Waals surface area contributed by atoms with Crippen LogP contribution in [-0.4, -0.2) is 44.2 Å². The highest BCUT2D eigenvalue weighted by atomic mass is 16.5. The normalized spacial score (nSPS) is 17.4. The molecule has 2 aromatic rings. The van der Waals surface area contributed by atoms with Crippen LogP contribution < -0.4 is 14.8 Å². The first-order valence-corrected chi connectivity index (χ1v) is 10.8. The Balaban J connectivity index is 2.02. The van der Waals surface area contributed by atoms with Crippen LogP contribution >= 0.6 is 0 Å². The van der Waals surface area contributed by atoms with Crippen molar-refractivity contribution in [3.05, 3.63) is 58.7 Å². The summed E-state index contributed by atoms with van der Waals surface area (Å²) in [5, 5.41) is 3.36. The van der Waals surface area contributed by atoms with E-state index in [4.69, 9.17) is 9.47 Å². The Bertz CT molecular complexity index is 894. The molecule has 0 saturated carbocycles. The van der Waals surface area contributed by atoms with Crippen LogP contribution in [0.25, 0.3) is 0 Å². The van der Waals surface area contributed by atoms with Gasteiger partial charge >= 0.3 is 0 Å². The number of carbonyl (C=O) groups is 1. The lowest BCUT2D eigenvalue weighted by atomic mass is 9.83. The summed E-state index contributed by atoms with van der Waals surface area (Å²) in [6.45, 7) is 10.4. The van der Waals surface area contributed by atoms with Gasteiger partial charge < -0.3 is 14.8 Å². The molecule has 0 bridgehead atoms. The third-order valence-electron chi connectivity index (χ3n) is 6.18. The number of rotatable bonds is 7. The first-order chi connectivity index (χ1) is 14.4. The Kier molecular flexibility index (Phi) is 7.03. The average molecular weight is 411 g/mol. The zero-order valence-corrected chi connectivity index (χ0v) is 19.0. The van der Waals surface area contributed by atoms with Gasteiger partial charge in [-0.25, -0.2) is 0 Å². The van der Waals surface area contributed by atoms with Gasteiger partial charge in [0.05, 0.1) is 26.3 Å². The van der Waals surface area contributed by atoms with Gasteiger partial charge in [0.1, 0.15) is 0 Å². The monoisotopic (exact) mass is 410 g/mol. The fourth-order valence-corrected chi connectivity index (χ4v) is 4.47. The molecular formula is C25H34N2O3. The highest BCUT2D eigenvalue weighted by Crippen LogP contribution is 2.40. The molecule has 1 N–H and O–H groups in total. The van der Waals surface area contributed by atoms with Gasteiger partial charge in [-0.2, -0.15) is 0 Å². The number of aryl methyl sites for hydroxylation is 1. The lowest BCUT2D eigenvalue weighted by molar-refractivity contribution is 0.0833. The number of nitrogens with zero attached hydrogens (tertiary/aromatic N) is 1. The standard InChI is InChI=1S/C25H34N2O3/c1-7-27-13-12-18-14-21(29-5)22(30-6)15-20(18)24(27)23(16(2)3)26-25(28)19-11-9-8-10-17(19)4/h8-11,14-16,23-24H,7,12-13H2,1-6H3,(H,26,28). The zero-order chi connectivity index (χ0) is 21.8. The van der Waals surface area contributed by atoms with Gasteiger partial charge in [-0.15, -0.1) is 0 Å². The van der Waals surface area contributed by atoms with E-state index in [0.29, 0.717) is 0 Å². The van der Waals surface area contributed by atoms with Gasteiger partial charge in [0.2, 0.25) is 0 Å². The number of amides is 1. The topological polar surface area (TPSA) is 50.8 Å². The minimum Gasteiger partial charge on any atom is -0.493 e. The third kappa shape index (κ3) is 4.31. The second kappa shape index (κ2) is 9.52. The van der Waals surface area contributed by atoms with Crippen LogP contribution in [0, 0.1) is 12.8 Å². The second-order valence-electron chi connectivity index (χ2n) is 8.29. The van der Waals surface area contributed by atoms with E-state index in [0.717, 1.165) is 42.1 Å². The summed E-state index contributed by atoms with van der Waals surface area (Å²) in [6, 6.07) is 12.0. The number of methoxy groups -OCH3 is 2. The minimum absolute atomic E-state index is 0.0181. The molecule has 1 aliphatic rings. The summed E-state index contributed by atoms with van der Waals surface area (Å²) in [7, 11) is 3.34. The molecule has 1 heterocycles. The number of carbonyl (C=O) groups excluding carboxylic acids is 1. The van der Waals surface area contributed by atoms with Gasteiger partial charge in [0, 0.05) is 12.1 Å². The van der Waals surface area contributed by atoms with Crippen LogP contribution in [0.5, 0.6) is 11.5 Å². The molecule has 0 spiro atoms. The fraction of sp³-hybridized carbons (Fsp3) is 0.480. The van der Waals surface area contributed by atoms with E-state index >= 15 is 0 Å². The van der Waals surface area contributed by atoms with Gasteiger partial charge in [-0.3, -0.25) is 9.69 Å². The smallest absolute Gasteiger partial charge is 0.251 e. The van der Waals surface area contributed by atoms with Crippen molar-refractivity contribution < 1.29 is 14.3 Å². The van der Waals surface area contributed by atoms with Gasteiger partial charge in [-0.05, 0) is 60.7 Å². The molecule has 0 aliphatic carbocycles. The molecule has 0 saturated heterocycles. The number of likely N-dealkylation sites (N-methyl/N-ethyl adjacent to an activating group) is 1. The maximum absolute atomic E-state index is 13.2. The maximum atomic E-state index is 13.2. The summed E-state index contributed by atoms with van der Waals surface area (Å²) >= 11 is 0. The van der Waals surface area contributed by atoms with Crippen molar-refractivity contribution in [1.82, 2.24) is 10.2 Å². The van der Waals surface area contributed by atoms with Gasteiger partial charge in [-0.1, -0.05) is 39.0 Å². The molecule has 1 aliphatic heterocycles. The summed E-state index contributed by atoms with van der Waals surface area (Å²) in [4.78, 5) is 15.6. The van der Waals surface area contributed by atoms with Crippen molar-refractivity contribution in [3.63, 3.8) is 0 Å². The number of hydrogen-bond acceptors (Lipinski definition) is 4. The molecule has 162 valence electrons. The van der Waals surface area contributed by atoms with Crippen LogP contribution in [0.3, 0.4) is 0 Å². The van der Waals surface area contributed by atoms with E-state index < -0.39 is 0 Å². The van der Waals surface area contributed by atoms with E-state index in [1.165, 1.54) is 11.1 Å². The molecule has 5 nitrogen and oxygen atoms in total. The summed E-state index contributed by atoms with van der Waals surface area (Å²) in [5.41, 5.74) is 4.19. The van der Waals surface area contributed by atoms with Crippen molar-refractivity contribution in [3.8, 4) is 11.5 Å². The lowest BCUT2D eigenvalue weighted by Crippen LogP contribution is -2.51. The Morgan fingerprint density at radius 1 is 1.17 bits per heavy atom. The highest BCUT2D eigenvalue weighted by Gasteiger charge is 2.36. The van der Waals surface area contributed by atoms with E-state index in [2.05, 4.69) is 43.1 Å². The van der Waals surface area contributed by atoms with Crippen molar-refractivity contribution in [2.45, 2.75) is 46.2 Å².